The van der Waals surface area contributed by atoms with Gasteiger partial charge in [-0.1, -0.05) is 23.2 Å². The fraction of sp³-hybridized carbons (Fsp3) is 0.300. The van der Waals surface area contributed by atoms with Gasteiger partial charge in [0.25, 0.3) is 0 Å². The molecule has 75 valence electrons. The van der Waals surface area contributed by atoms with E-state index in [0.717, 1.165) is 12.0 Å². The highest BCUT2D eigenvalue weighted by Gasteiger charge is 2.20. The third-order valence-corrected chi connectivity index (χ3v) is 2.68. The van der Waals surface area contributed by atoms with E-state index in [2.05, 4.69) is 0 Å². The molecule has 1 saturated heterocycles. The van der Waals surface area contributed by atoms with Gasteiger partial charge in [0.2, 0.25) is 0 Å². The molecule has 1 atom stereocenters. The molecule has 1 fully saturated rings. The van der Waals surface area contributed by atoms with Crippen LogP contribution >= 0.6 is 23.2 Å². The predicted octanol–water partition coefficient (Wildman–Crippen LogP) is 3.80. The van der Waals surface area contributed by atoms with E-state index in [1.807, 2.05) is 6.42 Å². The SMILES string of the molecule is Fc1c(Cl)cc(C2[CH]CCO2)cc1Cl. The Morgan fingerprint density at radius 3 is 2.43 bits per heavy atom. The molecule has 1 radical (unpaired) electrons. The highest BCUT2D eigenvalue weighted by molar-refractivity contribution is 6.35. The zero-order valence-electron chi connectivity index (χ0n) is 7.27. The Kier molecular flexibility index (Phi) is 2.96. The summed E-state index contributed by atoms with van der Waals surface area (Å²) in [5.41, 5.74) is 0.805. The quantitative estimate of drug-likeness (QED) is 0.671. The van der Waals surface area contributed by atoms with Crippen LogP contribution in [0.2, 0.25) is 10.0 Å². The first-order valence-electron chi connectivity index (χ1n) is 4.28. The van der Waals surface area contributed by atoms with Gasteiger partial charge in [0, 0.05) is 6.61 Å². The Bertz CT molecular complexity index is 325. The molecule has 0 spiro atoms. The van der Waals surface area contributed by atoms with Crippen molar-refractivity contribution in [1.82, 2.24) is 0 Å². The number of benzene rings is 1. The highest BCUT2D eigenvalue weighted by Crippen LogP contribution is 2.33. The van der Waals surface area contributed by atoms with E-state index in [4.69, 9.17) is 27.9 Å². The fourth-order valence-electron chi connectivity index (χ4n) is 1.45. The van der Waals surface area contributed by atoms with Gasteiger partial charge in [-0.25, -0.2) is 4.39 Å². The van der Waals surface area contributed by atoms with Crippen LogP contribution in [0.3, 0.4) is 0 Å². The molecule has 1 aliphatic heterocycles. The number of hydrogen-bond donors (Lipinski definition) is 0. The first kappa shape index (κ1) is 10.2. The van der Waals surface area contributed by atoms with Crippen LogP contribution in [0.15, 0.2) is 12.1 Å². The molecule has 1 heterocycles. The summed E-state index contributed by atoms with van der Waals surface area (Å²) in [6.45, 7) is 0.692. The molecular weight excluding hydrogens is 226 g/mol. The van der Waals surface area contributed by atoms with Crippen molar-refractivity contribution in [1.29, 1.82) is 0 Å². The molecule has 2 rings (SSSR count). The molecule has 0 amide bonds. The zero-order chi connectivity index (χ0) is 10.1. The van der Waals surface area contributed by atoms with Crippen LogP contribution < -0.4 is 0 Å². The molecule has 0 bridgehead atoms. The van der Waals surface area contributed by atoms with Gasteiger partial charge in [0.05, 0.1) is 16.1 Å². The molecule has 0 saturated carbocycles. The summed E-state index contributed by atoms with van der Waals surface area (Å²) in [6, 6.07) is 3.10. The Labute approximate surface area is 91.8 Å². The van der Waals surface area contributed by atoms with Crippen molar-refractivity contribution in [3.8, 4) is 0 Å². The van der Waals surface area contributed by atoms with Crippen LogP contribution in [0.5, 0.6) is 0 Å². The molecule has 14 heavy (non-hydrogen) atoms. The maximum Gasteiger partial charge on any atom is 0.160 e. The first-order chi connectivity index (χ1) is 6.68. The Morgan fingerprint density at radius 1 is 1.29 bits per heavy atom. The third-order valence-electron chi connectivity index (χ3n) is 2.13. The average molecular weight is 234 g/mol. The van der Waals surface area contributed by atoms with E-state index >= 15 is 0 Å². The minimum atomic E-state index is -0.574. The maximum atomic E-state index is 13.1. The van der Waals surface area contributed by atoms with Crippen molar-refractivity contribution >= 4 is 23.2 Å². The van der Waals surface area contributed by atoms with Crippen molar-refractivity contribution in [3.63, 3.8) is 0 Å². The Morgan fingerprint density at radius 2 is 1.93 bits per heavy atom. The van der Waals surface area contributed by atoms with Crippen molar-refractivity contribution in [2.45, 2.75) is 12.5 Å². The predicted molar refractivity (Wildman–Crippen MR) is 54.0 cm³/mol. The molecule has 0 aliphatic carbocycles. The summed E-state index contributed by atoms with van der Waals surface area (Å²) in [5, 5.41) is 0.0767. The van der Waals surface area contributed by atoms with E-state index in [1.165, 1.54) is 0 Å². The van der Waals surface area contributed by atoms with E-state index in [0.29, 0.717) is 6.61 Å². The van der Waals surface area contributed by atoms with Gasteiger partial charge in [-0.2, -0.15) is 0 Å². The Balaban J connectivity index is 2.34. The normalized spacial score (nSPS) is 21.5. The second-order valence-corrected chi connectivity index (χ2v) is 3.93. The molecule has 0 aromatic heterocycles. The molecule has 1 aliphatic rings. The van der Waals surface area contributed by atoms with E-state index in [-0.39, 0.29) is 16.1 Å². The van der Waals surface area contributed by atoms with Gasteiger partial charge in [0.1, 0.15) is 0 Å². The molecule has 1 aromatic carbocycles. The summed E-state index contributed by atoms with van der Waals surface area (Å²) in [7, 11) is 0. The zero-order valence-corrected chi connectivity index (χ0v) is 8.78. The van der Waals surface area contributed by atoms with Crippen molar-refractivity contribution in [2.24, 2.45) is 0 Å². The van der Waals surface area contributed by atoms with Crippen LogP contribution in [0, 0.1) is 12.2 Å². The van der Waals surface area contributed by atoms with Crippen molar-refractivity contribution in [3.05, 3.63) is 40.0 Å². The number of ether oxygens (including phenoxy) is 1. The van der Waals surface area contributed by atoms with E-state index in [1.54, 1.807) is 12.1 Å². The molecular formula is C10H8Cl2FO. The first-order valence-corrected chi connectivity index (χ1v) is 5.03. The second-order valence-electron chi connectivity index (χ2n) is 3.11. The highest BCUT2D eigenvalue weighted by atomic mass is 35.5. The van der Waals surface area contributed by atoms with Crippen molar-refractivity contribution in [2.75, 3.05) is 6.61 Å². The molecule has 1 nitrogen and oxygen atoms in total. The van der Waals surface area contributed by atoms with Crippen LogP contribution in [-0.2, 0) is 4.74 Å². The second kappa shape index (κ2) is 4.05. The monoisotopic (exact) mass is 233 g/mol. The standard InChI is InChI=1S/C10H8Cl2FO/c11-7-4-6(5-8(12)10(7)13)9-2-1-3-14-9/h2,4-5,9H,1,3H2. The minimum absolute atomic E-state index is 0.0383. The number of hydrogen-bond acceptors (Lipinski definition) is 1. The minimum Gasteiger partial charge on any atom is -0.373 e. The number of rotatable bonds is 1. The lowest BCUT2D eigenvalue weighted by atomic mass is 10.1. The third kappa shape index (κ3) is 1.88. The van der Waals surface area contributed by atoms with Gasteiger partial charge >= 0.3 is 0 Å². The maximum absolute atomic E-state index is 13.1. The van der Waals surface area contributed by atoms with Gasteiger partial charge in [0.15, 0.2) is 5.82 Å². The van der Waals surface area contributed by atoms with Gasteiger partial charge in [-0.3, -0.25) is 0 Å². The van der Waals surface area contributed by atoms with E-state index in [9.17, 15) is 4.39 Å². The lowest BCUT2D eigenvalue weighted by Crippen LogP contribution is -1.97. The molecule has 4 heteroatoms. The average Bonchev–Trinajstić information content (AvgIpc) is 2.66. The van der Waals surface area contributed by atoms with Crippen LogP contribution in [0.4, 0.5) is 4.39 Å². The van der Waals surface area contributed by atoms with Crippen LogP contribution in [0.25, 0.3) is 0 Å². The lowest BCUT2D eigenvalue weighted by Gasteiger charge is -2.10. The summed E-state index contributed by atoms with van der Waals surface area (Å²) in [4.78, 5) is 0. The lowest BCUT2D eigenvalue weighted by molar-refractivity contribution is 0.124. The molecule has 1 unspecified atom stereocenters. The number of halogens is 3. The molecule has 0 N–H and O–H groups in total. The van der Waals surface area contributed by atoms with Gasteiger partial charge < -0.3 is 4.74 Å². The van der Waals surface area contributed by atoms with Gasteiger partial charge in [-0.05, 0) is 30.5 Å². The summed E-state index contributed by atoms with van der Waals surface area (Å²) >= 11 is 11.3. The largest absolute Gasteiger partial charge is 0.373 e. The summed E-state index contributed by atoms with van der Waals surface area (Å²) in [6.07, 6.45) is 2.81. The molecule has 1 aromatic rings. The smallest absolute Gasteiger partial charge is 0.160 e. The van der Waals surface area contributed by atoms with Crippen LogP contribution in [-0.4, -0.2) is 6.61 Å². The van der Waals surface area contributed by atoms with Crippen molar-refractivity contribution < 1.29 is 9.13 Å². The van der Waals surface area contributed by atoms with E-state index < -0.39 is 5.82 Å². The Hall–Kier alpha value is -0.310. The summed E-state index contributed by atoms with van der Waals surface area (Å²) < 4.78 is 18.5. The van der Waals surface area contributed by atoms with Crippen LogP contribution in [0.1, 0.15) is 18.1 Å². The van der Waals surface area contributed by atoms with Gasteiger partial charge in [-0.15, -0.1) is 0 Å². The summed E-state index contributed by atoms with van der Waals surface area (Å²) in [5.74, 6) is -0.574. The fourth-order valence-corrected chi connectivity index (χ4v) is 1.96. The topological polar surface area (TPSA) is 9.23 Å².